The second-order valence-electron chi connectivity index (χ2n) is 6.58. The summed E-state index contributed by atoms with van der Waals surface area (Å²) in [5.74, 6) is 0.976. The smallest absolute Gasteiger partial charge is 0.228 e. The van der Waals surface area contributed by atoms with Gasteiger partial charge in [-0.15, -0.1) is 11.3 Å². The van der Waals surface area contributed by atoms with Gasteiger partial charge in [-0.3, -0.25) is 4.79 Å². The fourth-order valence-electron chi connectivity index (χ4n) is 3.01. The van der Waals surface area contributed by atoms with Crippen molar-refractivity contribution in [1.82, 2.24) is 9.88 Å². The van der Waals surface area contributed by atoms with E-state index in [2.05, 4.69) is 24.0 Å². The van der Waals surface area contributed by atoms with Gasteiger partial charge < -0.3 is 9.64 Å². The lowest BCUT2D eigenvalue weighted by Crippen LogP contribution is -2.32. The Bertz CT molecular complexity index is 875. The number of rotatable bonds is 9. The second kappa shape index (κ2) is 10.0. The summed E-state index contributed by atoms with van der Waals surface area (Å²) in [5.41, 5.74) is 3.02. The molecule has 0 fully saturated rings. The third kappa shape index (κ3) is 5.42. The molecule has 3 rings (SSSR count). The summed E-state index contributed by atoms with van der Waals surface area (Å²) in [5, 5.41) is 2.91. The van der Waals surface area contributed by atoms with Crippen LogP contribution in [0.25, 0.3) is 10.6 Å². The van der Waals surface area contributed by atoms with E-state index in [9.17, 15) is 4.79 Å². The zero-order valence-corrected chi connectivity index (χ0v) is 17.2. The molecule has 4 nitrogen and oxygen atoms in total. The Labute approximate surface area is 170 Å². The Balaban J connectivity index is 1.66. The van der Waals surface area contributed by atoms with Crippen LogP contribution >= 0.6 is 11.3 Å². The van der Waals surface area contributed by atoms with Crippen molar-refractivity contribution in [3.05, 3.63) is 71.2 Å². The van der Waals surface area contributed by atoms with Gasteiger partial charge in [0.15, 0.2) is 0 Å². The number of thiazole rings is 1. The maximum atomic E-state index is 12.8. The molecule has 0 atom stereocenters. The fraction of sp³-hybridized carbons (Fsp3) is 0.304. The van der Waals surface area contributed by atoms with Crippen molar-refractivity contribution in [3.8, 4) is 16.3 Å². The third-order valence-electron chi connectivity index (χ3n) is 4.36. The molecule has 28 heavy (non-hydrogen) atoms. The summed E-state index contributed by atoms with van der Waals surface area (Å²) in [7, 11) is 0. The third-order valence-corrected chi connectivity index (χ3v) is 5.30. The van der Waals surface area contributed by atoms with Crippen molar-refractivity contribution in [2.24, 2.45) is 0 Å². The molecule has 0 N–H and O–H groups in total. The van der Waals surface area contributed by atoms with Crippen molar-refractivity contribution in [2.45, 2.75) is 33.2 Å². The van der Waals surface area contributed by atoms with Crippen LogP contribution in [0.3, 0.4) is 0 Å². The normalized spacial score (nSPS) is 10.6. The Hall–Kier alpha value is -2.66. The molecule has 1 amide bonds. The predicted octanol–water partition coefficient (Wildman–Crippen LogP) is 5.19. The molecule has 0 unspecified atom stereocenters. The first-order valence-electron chi connectivity index (χ1n) is 9.69. The van der Waals surface area contributed by atoms with Crippen molar-refractivity contribution in [1.29, 1.82) is 0 Å². The van der Waals surface area contributed by atoms with Gasteiger partial charge in [0.25, 0.3) is 0 Å². The topological polar surface area (TPSA) is 42.4 Å². The highest BCUT2D eigenvalue weighted by Crippen LogP contribution is 2.26. The number of carbonyl (C=O) groups excluding carboxylic acids is 1. The molecule has 0 saturated carbocycles. The van der Waals surface area contributed by atoms with Gasteiger partial charge in [-0.1, -0.05) is 37.3 Å². The van der Waals surface area contributed by atoms with Crippen LogP contribution in [0.1, 0.15) is 31.5 Å². The van der Waals surface area contributed by atoms with Crippen molar-refractivity contribution < 1.29 is 9.53 Å². The minimum Gasteiger partial charge on any atom is -0.494 e. The summed E-state index contributed by atoms with van der Waals surface area (Å²) in [6.45, 7) is 6.11. The van der Waals surface area contributed by atoms with Gasteiger partial charge in [-0.2, -0.15) is 0 Å². The first kappa shape index (κ1) is 20.1. The molecule has 0 aliphatic rings. The van der Waals surface area contributed by atoms with Gasteiger partial charge in [0.1, 0.15) is 10.8 Å². The standard InChI is InChI=1S/C23H26N2O2S/c1-3-14-25(16-18-8-6-5-7-9-18)22(26)15-20-17-28-23(24-20)19-10-12-21(13-11-19)27-4-2/h5-13,17H,3-4,14-16H2,1-2H3. The van der Waals surface area contributed by atoms with Crippen LogP contribution < -0.4 is 4.74 Å². The van der Waals surface area contributed by atoms with E-state index in [0.717, 1.165) is 40.5 Å². The second-order valence-corrected chi connectivity index (χ2v) is 7.44. The summed E-state index contributed by atoms with van der Waals surface area (Å²) in [4.78, 5) is 19.4. The van der Waals surface area contributed by atoms with Crippen molar-refractivity contribution in [3.63, 3.8) is 0 Å². The van der Waals surface area contributed by atoms with Gasteiger partial charge in [0.2, 0.25) is 5.91 Å². The molecule has 0 aliphatic carbocycles. The van der Waals surface area contributed by atoms with Gasteiger partial charge in [0.05, 0.1) is 18.7 Å². The number of hydrogen-bond acceptors (Lipinski definition) is 4. The minimum atomic E-state index is 0.120. The fourth-order valence-corrected chi connectivity index (χ4v) is 3.84. The van der Waals surface area contributed by atoms with Crippen LogP contribution in [0.5, 0.6) is 5.75 Å². The maximum absolute atomic E-state index is 12.8. The lowest BCUT2D eigenvalue weighted by atomic mass is 10.2. The molecule has 0 bridgehead atoms. The molecule has 1 heterocycles. The number of nitrogens with zero attached hydrogens (tertiary/aromatic N) is 2. The molecular formula is C23H26N2O2S. The largest absolute Gasteiger partial charge is 0.494 e. The lowest BCUT2D eigenvalue weighted by molar-refractivity contribution is -0.131. The lowest BCUT2D eigenvalue weighted by Gasteiger charge is -2.22. The average molecular weight is 395 g/mol. The quantitative estimate of drug-likeness (QED) is 0.501. The zero-order valence-electron chi connectivity index (χ0n) is 16.4. The van der Waals surface area contributed by atoms with Crippen molar-refractivity contribution >= 4 is 17.2 Å². The monoisotopic (exact) mass is 394 g/mol. The highest BCUT2D eigenvalue weighted by atomic mass is 32.1. The SMILES string of the molecule is CCCN(Cc1ccccc1)C(=O)Cc1csc(-c2ccc(OCC)cc2)n1. The molecule has 5 heteroatoms. The van der Waals surface area contributed by atoms with Crippen LogP contribution in [0, 0.1) is 0 Å². The Morgan fingerprint density at radius 1 is 1.07 bits per heavy atom. The van der Waals surface area contributed by atoms with E-state index >= 15 is 0 Å². The van der Waals surface area contributed by atoms with E-state index in [1.54, 1.807) is 11.3 Å². The number of aromatic nitrogens is 1. The molecule has 0 spiro atoms. The number of hydrogen-bond donors (Lipinski definition) is 0. The van der Waals surface area contributed by atoms with Crippen LogP contribution in [-0.2, 0) is 17.8 Å². The molecule has 0 aliphatic heterocycles. The van der Waals surface area contributed by atoms with Gasteiger partial charge >= 0.3 is 0 Å². The average Bonchev–Trinajstić information content (AvgIpc) is 3.18. The van der Waals surface area contributed by atoms with Gasteiger partial charge in [0, 0.05) is 24.0 Å². The summed E-state index contributed by atoms with van der Waals surface area (Å²) in [6.07, 6.45) is 1.27. The van der Waals surface area contributed by atoms with E-state index in [0.29, 0.717) is 19.6 Å². The number of benzene rings is 2. The van der Waals surface area contributed by atoms with E-state index < -0.39 is 0 Å². The van der Waals surface area contributed by atoms with Crippen LogP contribution in [-0.4, -0.2) is 28.9 Å². The molecule has 0 radical (unpaired) electrons. The van der Waals surface area contributed by atoms with Crippen LogP contribution in [0.15, 0.2) is 60.0 Å². The predicted molar refractivity (Wildman–Crippen MR) is 115 cm³/mol. The highest BCUT2D eigenvalue weighted by molar-refractivity contribution is 7.13. The Morgan fingerprint density at radius 2 is 1.82 bits per heavy atom. The van der Waals surface area contributed by atoms with E-state index in [1.165, 1.54) is 0 Å². The molecule has 3 aromatic rings. The highest BCUT2D eigenvalue weighted by Gasteiger charge is 2.16. The summed E-state index contributed by atoms with van der Waals surface area (Å²) in [6, 6.07) is 18.0. The van der Waals surface area contributed by atoms with E-state index in [-0.39, 0.29) is 5.91 Å². The van der Waals surface area contributed by atoms with E-state index in [1.807, 2.05) is 59.7 Å². The summed E-state index contributed by atoms with van der Waals surface area (Å²) >= 11 is 1.57. The maximum Gasteiger partial charge on any atom is 0.228 e. The van der Waals surface area contributed by atoms with Crippen LogP contribution in [0.2, 0.25) is 0 Å². The van der Waals surface area contributed by atoms with Crippen LogP contribution in [0.4, 0.5) is 0 Å². The van der Waals surface area contributed by atoms with E-state index in [4.69, 9.17) is 4.74 Å². The molecule has 0 saturated heterocycles. The molecular weight excluding hydrogens is 368 g/mol. The molecule has 146 valence electrons. The number of carbonyl (C=O) groups is 1. The first-order valence-corrected chi connectivity index (χ1v) is 10.6. The minimum absolute atomic E-state index is 0.120. The Morgan fingerprint density at radius 3 is 2.50 bits per heavy atom. The van der Waals surface area contributed by atoms with Crippen molar-refractivity contribution in [2.75, 3.05) is 13.2 Å². The molecule has 2 aromatic carbocycles. The zero-order chi connectivity index (χ0) is 19.8. The first-order chi connectivity index (χ1) is 13.7. The Kier molecular flexibility index (Phi) is 7.20. The number of amides is 1. The summed E-state index contributed by atoms with van der Waals surface area (Å²) < 4.78 is 5.49. The molecule has 1 aromatic heterocycles. The number of ether oxygens (including phenoxy) is 1. The van der Waals surface area contributed by atoms with Gasteiger partial charge in [-0.25, -0.2) is 4.98 Å². The van der Waals surface area contributed by atoms with Gasteiger partial charge in [-0.05, 0) is 43.2 Å².